The van der Waals surface area contributed by atoms with Gasteiger partial charge in [0.15, 0.2) is 0 Å². The van der Waals surface area contributed by atoms with E-state index in [1.807, 2.05) is 0 Å². The molecule has 0 bridgehead atoms. The van der Waals surface area contributed by atoms with Crippen molar-refractivity contribution >= 4 is 18.6 Å². The number of rotatable bonds is 4. The molecular weight excluding hydrogens is 295 g/mol. The van der Waals surface area contributed by atoms with Gasteiger partial charge in [-0.15, -0.1) is 0 Å². The van der Waals surface area contributed by atoms with Crippen LogP contribution in [-0.2, 0) is 38.7 Å². The molecule has 0 amide bonds. The number of halogens is 2. The maximum atomic E-state index is 8.07. The second kappa shape index (κ2) is 36.3. The maximum absolute atomic E-state index is 8.07. The summed E-state index contributed by atoms with van der Waals surface area (Å²) in [6.45, 7) is 4.79. The van der Waals surface area contributed by atoms with E-state index in [-0.39, 0.29) is 21.7 Å². The van der Waals surface area contributed by atoms with Crippen molar-refractivity contribution in [2.45, 2.75) is 39.5 Å². The summed E-state index contributed by atoms with van der Waals surface area (Å²) >= 11 is -0.556. The molecule has 0 aliphatic rings. The molecule has 0 aromatic heterocycles. The van der Waals surface area contributed by atoms with Gasteiger partial charge in [-0.3, -0.25) is 0 Å². The summed E-state index contributed by atoms with van der Waals surface area (Å²) in [4.78, 5) is 0. The van der Waals surface area contributed by atoms with Crippen LogP contribution in [0.4, 0.5) is 0 Å². The van der Waals surface area contributed by atoms with Gasteiger partial charge < -0.3 is 10.2 Å². The number of aliphatic hydroxyl groups is 2. The molecule has 0 saturated carbocycles. The summed E-state index contributed by atoms with van der Waals surface area (Å²) in [6.07, 6.45) is 4.08. The van der Waals surface area contributed by atoms with E-state index in [0.29, 0.717) is 13.2 Å². The molecule has 0 saturated heterocycles. The van der Waals surface area contributed by atoms with Gasteiger partial charge in [0.2, 0.25) is 0 Å². The van der Waals surface area contributed by atoms with Gasteiger partial charge in [-0.1, -0.05) is 26.7 Å². The number of hydrogen-bond acceptors (Lipinski definition) is 2. The molecule has 6 heteroatoms. The van der Waals surface area contributed by atoms with Crippen LogP contribution >= 0.6 is 18.6 Å². The minimum atomic E-state index is -0.556. The van der Waals surface area contributed by atoms with Crippen molar-refractivity contribution in [2.24, 2.45) is 0 Å². The zero-order valence-electron chi connectivity index (χ0n) is 8.89. The van der Waals surface area contributed by atoms with Crippen LogP contribution in [0.2, 0.25) is 0 Å². The van der Waals surface area contributed by atoms with Crippen LogP contribution < -0.4 is 0 Å². The van der Waals surface area contributed by atoms with Gasteiger partial charge >= 0.3 is 35.6 Å². The molecule has 0 radical (unpaired) electrons. The third-order valence-electron chi connectivity index (χ3n) is 1.02. The fraction of sp³-hybridized carbons (Fsp3) is 1.00. The van der Waals surface area contributed by atoms with Gasteiger partial charge in [-0.05, 0) is 12.8 Å². The third kappa shape index (κ3) is 66.2. The Morgan fingerprint density at radius 3 is 1.14 bits per heavy atom. The SMILES string of the molecule is CCCCO.CCCCO.[Cl][Ti][Cl].[Ti]. The van der Waals surface area contributed by atoms with E-state index in [2.05, 4.69) is 13.8 Å². The molecular formula is C8H20Cl2O2Ti2. The van der Waals surface area contributed by atoms with E-state index in [1.54, 1.807) is 0 Å². The van der Waals surface area contributed by atoms with E-state index >= 15 is 0 Å². The Morgan fingerprint density at radius 1 is 0.929 bits per heavy atom. The average molecular weight is 315 g/mol. The first-order valence-corrected chi connectivity index (χ1v) is 8.72. The molecule has 0 aromatic rings. The predicted molar refractivity (Wildman–Crippen MR) is 55.7 cm³/mol. The van der Waals surface area contributed by atoms with Crippen LogP contribution in [0.3, 0.4) is 0 Å². The summed E-state index contributed by atoms with van der Waals surface area (Å²) in [5.41, 5.74) is 0. The Morgan fingerprint density at radius 2 is 1.14 bits per heavy atom. The normalized spacial score (nSPS) is 7.00. The standard InChI is InChI=1S/2C4H10O.2ClH.2Ti/c2*1-2-3-4-5;;;;/h2*5H,2-4H2,1H3;2*1H;;/q;;;;;+2/p-2. The van der Waals surface area contributed by atoms with Crippen LogP contribution in [0.5, 0.6) is 0 Å². The van der Waals surface area contributed by atoms with Gasteiger partial charge in [0.1, 0.15) is 0 Å². The largest absolute Gasteiger partial charge is 0 e. The fourth-order valence-electron chi connectivity index (χ4n) is 0.316. The van der Waals surface area contributed by atoms with E-state index in [4.69, 9.17) is 28.8 Å². The monoisotopic (exact) mass is 314 g/mol. The van der Waals surface area contributed by atoms with Crippen LogP contribution in [0, 0.1) is 0 Å². The van der Waals surface area contributed by atoms with Crippen molar-refractivity contribution in [1.29, 1.82) is 0 Å². The molecule has 0 aromatic carbocycles. The van der Waals surface area contributed by atoms with E-state index in [0.717, 1.165) is 25.7 Å². The third-order valence-corrected chi connectivity index (χ3v) is 1.02. The van der Waals surface area contributed by atoms with Crippen molar-refractivity contribution in [1.82, 2.24) is 0 Å². The first-order chi connectivity index (χ1) is 6.24. The molecule has 2 N–H and O–H groups in total. The van der Waals surface area contributed by atoms with Gasteiger partial charge in [0.25, 0.3) is 0 Å². The number of unbranched alkanes of at least 4 members (excludes halogenated alkanes) is 2. The Balaban J connectivity index is -0.0000000535. The fourth-order valence-corrected chi connectivity index (χ4v) is 0.316. The molecule has 0 aliphatic carbocycles. The second-order valence-corrected chi connectivity index (χ2v) is 4.80. The first kappa shape index (κ1) is 24.9. The minimum absolute atomic E-state index is 0. The molecule has 2 nitrogen and oxygen atoms in total. The zero-order chi connectivity index (χ0) is 10.9. The summed E-state index contributed by atoms with van der Waals surface area (Å²) < 4.78 is 0. The Bertz CT molecular complexity index is 52.6. The second-order valence-electron chi connectivity index (χ2n) is 2.23. The van der Waals surface area contributed by atoms with Crippen molar-refractivity contribution in [3.63, 3.8) is 0 Å². The quantitative estimate of drug-likeness (QED) is 0.783. The maximum Gasteiger partial charge on any atom is 0 e. The minimum Gasteiger partial charge on any atom is 0 e. The van der Waals surface area contributed by atoms with Crippen LogP contribution in [0.1, 0.15) is 39.5 Å². The van der Waals surface area contributed by atoms with Crippen LogP contribution in [0.15, 0.2) is 0 Å². The van der Waals surface area contributed by atoms with Crippen molar-refractivity contribution in [3.05, 3.63) is 0 Å². The Hall–Kier alpha value is 1.93. The van der Waals surface area contributed by atoms with Crippen molar-refractivity contribution in [2.75, 3.05) is 13.2 Å². The summed E-state index contributed by atoms with van der Waals surface area (Å²) in [5.74, 6) is 0. The molecule has 0 heterocycles. The van der Waals surface area contributed by atoms with E-state index in [9.17, 15) is 0 Å². The predicted octanol–water partition coefficient (Wildman–Crippen LogP) is 2.93. The van der Waals surface area contributed by atoms with Crippen molar-refractivity contribution in [3.8, 4) is 0 Å². The number of aliphatic hydroxyl groups excluding tert-OH is 2. The van der Waals surface area contributed by atoms with Crippen LogP contribution in [-0.4, -0.2) is 23.4 Å². The van der Waals surface area contributed by atoms with E-state index < -0.39 is 17.0 Å². The molecule has 0 atom stereocenters. The molecule has 0 aliphatic heterocycles. The Kier molecular flexibility index (Phi) is 64.7. The summed E-state index contributed by atoms with van der Waals surface area (Å²) in [7, 11) is 9.78. The molecule has 0 unspecified atom stereocenters. The van der Waals surface area contributed by atoms with Gasteiger partial charge in [0, 0.05) is 34.9 Å². The molecule has 0 rings (SSSR count). The van der Waals surface area contributed by atoms with Crippen molar-refractivity contribution < 1.29 is 49.0 Å². The number of hydrogen-bond donors (Lipinski definition) is 2. The molecule has 14 heavy (non-hydrogen) atoms. The Labute approximate surface area is 119 Å². The van der Waals surface area contributed by atoms with Gasteiger partial charge in [-0.25, -0.2) is 0 Å². The van der Waals surface area contributed by atoms with E-state index in [1.165, 1.54) is 0 Å². The summed E-state index contributed by atoms with van der Waals surface area (Å²) in [6, 6.07) is 0. The molecule has 0 fully saturated rings. The average Bonchev–Trinajstić information content (AvgIpc) is 2.09. The molecule has 0 spiro atoms. The van der Waals surface area contributed by atoms with Gasteiger partial charge in [0.05, 0.1) is 0 Å². The zero-order valence-corrected chi connectivity index (χ0v) is 13.5. The van der Waals surface area contributed by atoms with Crippen LogP contribution in [0.25, 0.3) is 0 Å². The smallest absolute Gasteiger partial charge is 0 e. The topological polar surface area (TPSA) is 40.5 Å². The molecule has 86 valence electrons. The first-order valence-electron chi connectivity index (χ1n) is 4.42. The van der Waals surface area contributed by atoms with Gasteiger partial charge in [-0.2, -0.15) is 0 Å². The summed E-state index contributed by atoms with van der Waals surface area (Å²) in [5, 5.41) is 16.1.